The number of ketones is 4. The lowest BCUT2D eigenvalue weighted by molar-refractivity contribution is -0.126. The molecule has 0 aromatic heterocycles. The highest BCUT2D eigenvalue weighted by Gasteiger charge is 2.11. The Hall–Kier alpha value is -2.91. The molecular formula is C64H125N3O7. The first-order valence-electron chi connectivity index (χ1n) is 30.5. The van der Waals surface area contributed by atoms with Crippen LogP contribution in [0.25, 0.3) is 0 Å². The molecule has 0 atom stereocenters. The van der Waals surface area contributed by atoms with Crippen LogP contribution in [0.5, 0.6) is 0 Å². The third kappa shape index (κ3) is 58.4. The molecule has 0 unspecified atom stereocenters. The van der Waals surface area contributed by atoms with Gasteiger partial charge in [0, 0.05) is 75.3 Å². The van der Waals surface area contributed by atoms with Crippen LogP contribution in [0, 0.1) is 23.7 Å². The molecule has 0 aliphatic carbocycles. The van der Waals surface area contributed by atoms with Gasteiger partial charge < -0.3 is 16.0 Å². The molecule has 74 heavy (non-hydrogen) atoms. The summed E-state index contributed by atoms with van der Waals surface area (Å²) in [6.07, 6.45) is 43.7. The first kappa shape index (κ1) is 77.6. The van der Waals surface area contributed by atoms with Gasteiger partial charge in [0.15, 0.2) is 5.78 Å². The first-order chi connectivity index (χ1) is 34.6. The van der Waals surface area contributed by atoms with E-state index in [1.807, 2.05) is 55.4 Å². The lowest BCUT2D eigenvalue weighted by atomic mass is 10.0. The van der Waals surface area contributed by atoms with E-state index in [1.54, 1.807) is 0 Å². The Balaban J connectivity index is -0.000000648. The fourth-order valence-corrected chi connectivity index (χ4v) is 8.58. The molecule has 438 valence electrons. The Labute approximate surface area is 459 Å². The third-order valence-corrected chi connectivity index (χ3v) is 14.0. The molecule has 0 aliphatic rings. The Morgan fingerprint density at radius 3 is 0.622 bits per heavy atom. The minimum absolute atomic E-state index is 0. The number of carbonyl (C=O) groups excluding carboxylic acids is 7. The molecule has 0 aromatic carbocycles. The molecule has 0 rings (SSSR count). The average Bonchev–Trinajstić information content (AvgIpc) is 3.34. The smallest absolute Gasteiger partial charge is 0.220 e. The third-order valence-electron chi connectivity index (χ3n) is 14.0. The summed E-state index contributed by atoms with van der Waals surface area (Å²) in [6, 6.07) is 0. The number of hydrogen-bond donors (Lipinski definition) is 3. The summed E-state index contributed by atoms with van der Waals surface area (Å²) in [5.74, 6) is 2.18. The van der Waals surface area contributed by atoms with E-state index in [0.717, 1.165) is 109 Å². The van der Waals surface area contributed by atoms with Crippen LogP contribution in [0.2, 0.25) is 0 Å². The quantitative estimate of drug-likeness (QED) is 0.0512. The number of Topliss-reactive ketones (excluding diaryl/α,β-unsaturated/α-hetero) is 4. The molecular weight excluding hydrogens is 923 g/mol. The van der Waals surface area contributed by atoms with E-state index in [2.05, 4.69) is 16.0 Å². The number of rotatable bonds is 52. The monoisotopic (exact) mass is 1050 g/mol. The fourth-order valence-electron chi connectivity index (χ4n) is 8.58. The molecule has 0 aliphatic heterocycles. The summed E-state index contributed by atoms with van der Waals surface area (Å²) >= 11 is 0. The highest BCUT2D eigenvalue weighted by Crippen LogP contribution is 2.16. The van der Waals surface area contributed by atoms with Crippen molar-refractivity contribution in [2.75, 3.05) is 19.6 Å². The Morgan fingerprint density at radius 1 is 0.230 bits per heavy atom. The van der Waals surface area contributed by atoms with Gasteiger partial charge in [-0.2, -0.15) is 0 Å². The first-order valence-corrected chi connectivity index (χ1v) is 30.5. The van der Waals surface area contributed by atoms with E-state index >= 15 is 0 Å². The second kappa shape index (κ2) is 57.8. The second-order valence-corrected chi connectivity index (χ2v) is 22.5. The number of carbonyl (C=O) groups is 7. The zero-order valence-corrected chi connectivity index (χ0v) is 48.6. The van der Waals surface area contributed by atoms with Crippen LogP contribution >= 0.6 is 0 Å². The predicted octanol–water partition coefficient (Wildman–Crippen LogP) is 17.1. The van der Waals surface area contributed by atoms with Crippen molar-refractivity contribution in [2.45, 2.75) is 327 Å². The highest BCUT2D eigenvalue weighted by molar-refractivity contribution is 5.87. The van der Waals surface area contributed by atoms with Gasteiger partial charge in [0.2, 0.25) is 17.7 Å². The van der Waals surface area contributed by atoms with Gasteiger partial charge in [0.05, 0.1) is 6.54 Å². The van der Waals surface area contributed by atoms with Gasteiger partial charge in [-0.25, -0.2) is 0 Å². The van der Waals surface area contributed by atoms with Crippen molar-refractivity contribution in [2.24, 2.45) is 23.7 Å². The van der Waals surface area contributed by atoms with Crippen molar-refractivity contribution < 1.29 is 33.6 Å². The van der Waals surface area contributed by atoms with E-state index in [9.17, 15) is 33.6 Å². The summed E-state index contributed by atoms with van der Waals surface area (Å²) in [5, 5.41) is 8.84. The van der Waals surface area contributed by atoms with Crippen molar-refractivity contribution in [3.05, 3.63) is 0 Å². The largest absolute Gasteiger partial charge is 0.356 e. The molecule has 10 heteroatoms. The minimum Gasteiger partial charge on any atom is -0.356 e. The maximum atomic E-state index is 12.0. The lowest BCUT2D eigenvalue weighted by Gasteiger charge is -2.07. The summed E-state index contributed by atoms with van der Waals surface area (Å²) in [5.41, 5.74) is 0. The van der Waals surface area contributed by atoms with Crippen molar-refractivity contribution >= 4 is 40.9 Å². The molecule has 0 bridgehead atoms. The zero-order valence-electron chi connectivity index (χ0n) is 48.6. The van der Waals surface area contributed by atoms with Crippen molar-refractivity contribution in [3.8, 4) is 0 Å². The molecule has 3 N–H and O–H groups in total. The molecule has 0 aromatic rings. The number of amides is 3. The van der Waals surface area contributed by atoms with Crippen molar-refractivity contribution in [3.63, 3.8) is 0 Å². The SMILES string of the molecule is C.C.CC(C)C(=O)CCCCCCCCCCCNC(=O)CCCCCCCCCCC(=O)C(C)C.CC(C)C(=O)CCCCCCCCCCCNC(=O)CCCCCCCCCCC(=O)NCC(=O)C(C)C. The van der Waals surface area contributed by atoms with Gasteiger partial charge in [-0.1, -0.05) is 237 Å². The zero-order chi connectivity index (χ0) is 53.9. The van der Waals surface area contributed by atoms with Crippen molar-refractivity contribution in [1.82, 2.24) is 16.0 Å². The lowest BCUT2D eigenvalue weighted by Crippen LogP contribution is -2.31. The molecule has 0 fully saturated rings. The molecule has 0 saturated carbocycles. The van der Waals surface area contributed by atoms with Gasteiger partial charge >= 0.3 is 0 Å². The average molecular weight is 1050 g/mol. The van der Waals surface area contributed by atoms with E-state index < -0.39 is 0 Å². The van der Waals surface area contributed by atoms with Crippen LogP contribution < -0.4 is 16.0 Å². The van der Waals surface area contributed by atoms with Crippen LogP contribution in [0.15, 0.2) is 0 Å². The van der Waals surface area contributed by atoms with Gasteiger partial charge in [-0.3, -0.25) is 33.6 Å². The van der Waals surface area contributed by atoms with Crippen LogP contribution in [0.3, 0.4) is 0 Å². The summed E-state index contributed by atoms with van der Waals surface area (Å²) in [4.78, 5) is 81.9. The van der Waals surface area contributed by atoms with E-state index in [1.165, 1.54) is 141 Å². The van der Waals surface area contributed by atoms with Gasteiger partial charge in [-0.15, -0.1) is 0 Å². The summed E-state index contributed by atoms with van der Waals surface area (Å²) in [7, 11) is 0. The summed E-state index contributed by atoms with van der Waals surface area (Å²) in [6.45, 7) is 17.4. The van der Waals surface area contributed by atoms with Crippen LogP contribution in [-0.4, -0.2) is 60.5 Å². The minimum atomic E-state index is -0.0313. The van der Waals surface area contributed by atoms with Gasteiger partial charge in [-0.05, 0) is 51.4 Å². The Bertz CT molecular complexity index is 1340. The Morgan fingerprint density at radius 2 is 0.405 bits per heavy atom. The number of nitrogens with one attached hydrogen (secondary N) is 3. The standard InChI is InChI=1S/C32H60N2O4.C30H57NO3.2CH4/c1-27(2)29(35)22-18-14-10-6-5-9-13-17-21-25-33-31(37)23-19-15-11-7-8-12-16-20-24-32(38)34-26-30(36)28(3)4;1-26(2)28(32)22-18-14-10-6-5-9-13-17-21-25-31-30(34)24-20-16-12-8-7-11-15-19-23-29(33)27(3)4;;/h27-28H,5-26H2,1-4H3,(H,33,37)(H,34,38);26-27H,5-25H2,1-4H3,(H,31,34);2*1H4. The number of hydrogen-bond acceptors (Lipinski definition) is 7. The maximum absolute atomic E-state index is 12.0. The molecule has 0 heterocycles. The molecule has 0 spiro atoms. The normalized spacial score (nSPS) is 11.0. The second-order valence-electron chi connectivity index (χ2n) is 22.5. The van der Waals surface area contributed by atoms with Crippen LogP contribution in [0.4, 0.5) is 0 Å². The fraction of sp³-hybridized carbons (Fsp3) is 0.891. The topological polar surface area (TPSA) is 156 Å². The summed E-state index contributed by atoms with van der Waals surface area (Å²) < 4.78 is 0. The van der Waals surface area contributed by atoms with E-state index in [-0.39, 0.29) is 68.6 Å². The van der Waals surface area contributed by atoms with Crippen LogP contribution in [-0.2, 0) is 33.6 Å². The van der Waals surface area contributed by atoms with Gasteiger partial charge in [0.1, 0.15) is 17.3 Å². The molecule has 0 saturated heterocycles. The predicted molar refractivity (Wildman–Crippen MR) is 317 cm³/mol. The highest BCUT2D eigenvalue weighted by atomic mass is 16.2. The van der Waals surface area contributed by atoms with E-state index in [0.29, 0.717) is 36.6 Å². The Kier molecular flexibility index (Phi) is 60.6. The maximum Gasteiger partial charge on any atom is 0.220 e. The molecule has 0 radical (unpaired) electrons. The molecule has 10 nitrogen and oxygen atoms in total. The molecule has 3 amide bonds. The van der Waals surface area contributed by atoms with Crippen molar-refractivity contribution in [1.29, 1.82) is 0 Å². The van der Waals surface area contributed by atoms with Crippen LogP contribution in [0.1, 0.15) is 327 Å². The number of unbranched alkanes of at least 4 members (excludes halogenated alkanes) is 30. The van der Waals surface area contributed by atoms with Gasteiger partial charge in [0.25, 0.3) is 0 Å². The van der Waals surface area contributed by atoms with E-state index in [4.69, 9.17) is 0 Å².